The van der Waals surface area contributed by atoms with Crippen LogP contribution in [0.2, 0.25) is 0 Å². The van der Waals surface area contributed by atoms with Gasteiger partial charge in [0.25, 0.3) is 5.19 Å². The number of nitrogens with zero attached hydrogens (tertiary/aromatic N) is 2. The van der Waals surface area contributed by atoms with Crippen LogP contribution in [0.15, 0.2) is 48.8 Å². The topological polar surface area (TPSA) is 73.3 Å². The minimum atomic E-state index is -0.298. The lowest BCUT2D eigenvalue weighted by atomic mass is 9.81. The van der Waals surface area contributed by atoms with Crippen molar-refractivity contribution >= 4 is 23.1 Å². The van der Waals surface area contributed by atoms with E-state index in [1.807, 2.05) is 13.0 Å². The number of benzene rings is 2. The number of aryl methyl sites for hydroxylation is 1. The molecule has 0 bridgehead atoms. The van der Waals surface area contributed by atoms with Crippen molar-refractivity contribution in [1.29, 1.82) is 0 Å². The molecular formula is C20H18FN3O3S. The Morgan fingerprint density at radius 3 is 2.68 bits per heavy atom. The third-order valence-electron chi connectivity index (χ3n) is 4.56. The maximum atomic E-state index is 12.9. The molecule has 1 N–H and O–H groups in total. The van der Waals surface area contributed by atoms with E-state index in [0.29, 0.717) is 29.5 Å². The van der Waals surface area contributed by atoms with Crippen LogP contribution in [-0.2, 0) is 4.79 Å². The summed E-state index contributed by atoms with van der Waals surface area (Å²) in [7, 11) is 0. The lowest BCUT2D eigenvalue weighted by Crippen LogP contribution is -2.40. The number of aromatic nitrogens is 2. The lowest BCUT2D eigenvalue weighted by Gasteiger charge is -2.34. The molecule has 0 atom stereocenters. The Morgan fingerprint density at radius 1 is 1.21 bits per heavy atom. The predicted molar refractivity (Wildman–Crippen MR) is 103 cm³/mol. The average Bonchev–Trinajstić information content (AvgIpc) is 3.14. The average molecular weight is 399 g/mol. The van der Waals surface area contributed by atoms with Gasteiger partial charge in [0.1, 0.15) is 29.7 Å². The van der Waals surface area contributed by atoms with Crippen LogP contribution in [0.4, 0.5) is 10.1 Å². The minimum Gasteiger partial charge on any atom is -0.490 e. The van der Waals surface area contributed by atoms with E-state index in [4.69, 9.17) is 9.47 Å². The smallest absolute Gasteiger partial charge is 0.298 e. The molecule has 6 nitrogen and oxygen atoms in total. The van der Waals surface area contributed by atoms with E-state index >= 15 is 0 Å². The third kappa shape index (κ3) is 4.28. The van der Waals surface area contributed by atoms with Gasteiger partial charge in [-0.25, -0.2) is 4.39 Å². The second-order valence-corrected chi connectivity index (χ2v) is 7.38. The summed E-state index contributed by atoms with van der Waals surface area (Å²) in [6.07, 6.45) is 2.70. The molecule has 0 radical (unpaired) electrons. The van der Waals surface area contributed by atoms with Crippen molar-refractivity contribution in [2.75, 3.05) is 5.32 Å². The van der Waals surface area contributed by atoms with Crippen molar-refractivity contribution < 1.29 is 18.7 Å². The van der Waals surface area contributed by atoms with Crippen LogP contribution in [0.3, 0.4) is 0 Å². The minimum absolute atomic E-state index is 0.0226. The zero-order valence-corrected chi connectivity index (χ0v) is 15.9. The van der Waals surface area contributed by atoms with Crippen molar-refractivity contribution in [3.8, 4) is 16.7 Å². The van der Waals surface area contributed by atoms with E-state index in [1.165, 1.54) is 30.0 Å². The van der Waals surface area contributed by atoms with Crippen LogP contribution in [0, 0.1) is 18.7 Å². The normalized spacial score (nSPS) is 18.2. The summed E-state index contributed by atoms with van der Waals surface area (Å²) in [5, 5.41) is 3.41. The number of halogens is 1. The fraction of sp³-hybridized carbons (Fsp3) is 0.250. The van der Waals surface area contributed by atoms with Gasteiger partial charge in [-0.2, -0.15) is 9.36 Å². The Kier molecular flexibility index (Phi) is 5.21. The van der Waals surface area contributed by atoms with Gasteiger partial charge >= 0.3 is 0 Å². The van der Waals surface area contributed by atoms with Gasteiger partial charge in [0, 0.05) is 23.1 Å². The fourth-order valence-corrected chi connectivity index (χ4v) is 3.38. The molecule has 0 spiro atoms. The quantitative estimate of drug-likeness (QED) is 0.657. The van der Waals surface area contributed by atoms with E-state index in [9.17, 15) is 9.18 Å². The van der Waals surface area contributed by atoms with Crippen LogP contribution in [0.1, 0.15) is 18.4 Å². The lowest BCUT2D eigenvalue weighted by molar-refractivity contribution is -0.125. The van der Waals surface area contributed by atoms with Gasteiger partial charge in [0.15, 0.2) is 0 Å². The summed E-state index contributed by atoms with van der Waals surface area (Å²) in [4.78, 5) is 16.4. The number of amides is 1. The van der Waals surface area contributed by atoms with E-state index in [-0.39, 0.29) is 23.7 Å². The Balaban J connectivity index is 1.28. The van der Waals surface area contributed by atoms with E-state index in [0.717, 1.165) is 11.3 Å². The molecule has 28 heavy (non-hydrogen) atoms. The monoisotopic (exact) mass is 399 g/mol. The molecule has 4 rings (SSSR count). The second kappa shape index (κ2) is 7.93. The van der Waals surface area contributed by atoms with Gasteiger partial charge in [0.05, 0.1) is 0 Å². The number of anilines is 1. The molecule has 0 unspecified atom stereocenters. The Bertz CT molecular complexity index is 957. The van der Waals surface area contributed by atoms with E-state index in [1.54, 1.807) is 24.3 Å². The van der Waals surface area contributed by atoms with Gasteiger partial charge in [-0.1, -0.05) is 0 Å². The molecule has 1 aromatic heterocycles. The number of rotatable bonds is 6. The van der Waals surface area contributed by atoms with E-state index in [2.05, 4.69) is 14.7 Å². The molecule has 2 aromatic carbocycles. The molecule has 0 saturated heterocycles. The van der Waals surface area contributed by atoms with Crippen LogP contribution in [0.5, 0.6) is 16.7 Å². The van der Waals surface area contributed by atoms with Gasteiger partial charge < -0.3 is 14.8 Å². The van der Waals surface area contributed by atoms with Crippen molar-refractivity contribution in [2.45, 2.75) is 25.9 Å². The molecule has 3 aromatic rings. The predicted octanol–water partition coefficient (Wildman–Crippen LogP) is 4.57. The molecule has 1 saturated carbocycles. The highest BCUT2D eigenvalue weighted by atomic mass is 32.1. The maximum absolute atomic E-state index is 12.9. The molecule has 1 heterocycles. The van der Waals surface area contributed by atoms with Crippen LogP contribution in [0.25, 0.3) is 0 Å². The van der Waals surface area contributed by atoms with Gasteiger partial charge in [-0.05, 0) is 67.8 Å². The first-order valence-corrected chi connectivity index (χ1v) is 9.62. The Morgan fingerprint density at radius 2 is 2.00 bits per heavy atom. The van der Waals surface area contributed by atoms with Gasteiger partial charge in [-0.3, -0.25) is 4.79 Å². The zero-order valence-electron chi connectivity index (χ0n) is 15.1. The summed E-state index contributed by atoms with van der Waals surface area (Å²) in [5.41, 5.74) is 1.61. The largest absolute Gasteiger partial charge is 0.490 e. The van der Waals surface area contributed by atoms with E-state index < -0.39 is 0 Å². The number of ether oxygens (including phenoxy) is 2. The second-order valence-electron chi connectivity index (χ2n) is 6.64. The third-order valence-corrected chi connectivity index (χ3v) is 5.11. The first kappa shape index (κ1) is 18.4. The van der Waals surface area contributed by atoms with Crippen molar-refractivity contribution in [2.24, 2.45) is 5.92 Å². The van der Waals surface area contributed by atoms with Crippen LogP contribution < -0.4 is 14.8 Å². The maximum Gasteiger partial charge on any atom is 0.298 e. The fourth-order valence-electron chi connectivity index (χ4n) is 2.97. The molecule has 1 fully saturated rings. The molecule has 1 amide bonds. The number of hydrogen-bond acceptors (Lipinski definition) is 6. The highest BCUT2D eigenvalue weighted by Crippen LogP contribution is 2.33. The standard InChI is InChI=1S/C20H18FN3O3S/c1-12-8-15(4-7-18(12)27-20-22-11-23-28-20)24-19(25)13-9-17(10-13)26-16-5-2-14(21)3-6-16/h2-8,11,13,17H,9-10H2,1H3,(H,24,25). The first-order chi connectivity index (χ1) is 13.6. The SMILES string of the molecule is Cc1cc(NC(=O)C2CC(Oc3ccc(F)cc3)C2)ccc1Oc1ncns1. The van der Waals surface area contributed by atoms with Crippen molar-refractivity contribution in [3.63, 3.8) is 0 Å². The molecule has 1 aliphatic rings. The zero-order chi connectivity index (χ0) is 19.5. The summed E-state index contributed by atoms with van der Waals surface area (Å²) >= 11 is 1.17. The van der Waals surface area contributed by atoms with Crippen LogP contribution >= 0.6 is 11.5 Å². The van der Waals surface area contributed by atoms with Gasteiger partial charge in [-0.15, -0.1) is 0 Å². The summed E-state index contributed by atoms with van der Waals surface area (Å²) < 4.78 is 28.2. The van der Waals surface area contributed by atoms with Gasteiger partial charge in [0.2, 0.25) is 5.91 Å². The molecule has 144 valence electrons. The number of hydrogen-bond donors (Lipinski definition) is 1. The van der Waals surface area contributed by atoms with Crippen LogP contribution in [-0.4, -0.2) is 21.4 Å². The Hall–Kier alpha value is -3.00. The summed E-state index contributed by atoms with van der Waals surface area (Å²) in [5.74, 6) is 0.866. The molecule has 0 aliphatic heterocycles. The first-order valence-electron chi connectivity index (χ1n) is 8.85. The highest BCUT2D eigenvalue weighted by Gasteiger charge is 2.36. The Labute approximate surface area is 165 Å². The number of nitrogens with one attached hydrogen (secondary N) is 1. The molecule has 8 heteroatoms. The summed E-state index contributed by atoms with van der Waals surface area (Å²) in [6.45, 7) is 1.90. The van der Waals surface area contributed by atoms with Crippen molar-refractivity contribution in [3.05, 3.63) is 60.2 Å². The number of carbonyl (C=O) groups excluding carboxylic acids is 1. The van der Waals surface area contributed by atoms with Crippen molar-refractivity contribution in [1.82, 2.24) is 9.36 Å². The number of carbonyl (C=O) groups is 1. The summed E-state index contributed by atoms with van der Waals surface area (Å²) in [6, 6.07) is 11.4. The molecular weight excluding hydrogens is 381 g/mol. The molecule has 1 aliphatic carbocycles. The highest BCUT2D eigenvalue weighted by molar-refractivity contribution is 7.07.